The van der Waals surface area contributed by atoms with Crippen LogP contribution in [0, 0.1) is 0 Å². The number of urea groups is 4. The number of barbiturate groups is 4. The van der Waals surface area contributed by atoms with Crippen LogP contribution in [0.25, 0.3) is 43.8 Å². The minimum atomic E-state index is -1.21. The Balaban J connectivity index is 1.16. The van der Waals surface area contributed by atoms with E-state index in [1.165, 1.54) is 109 Å². The lowest BCUT2D eigenvalue weighted by molar-refractivity contribution is -0.120. The van der Waals surface area contributed by atoms with Gasteiger partial charge in [0.1, 0.15) is 22.3 Å². The molecule has 4 aliphatic heterocycles. The normalized spacial score (nSPS) is 15.9. The summed E-state index contributed by atoms with van der Waals surface area (Å²) in [5.41, 5.74) is -2.99. The van der Waals surface area contributed by atoms with Crippen LogP contribution in [-0.4, -0.2) is 81.3 Å². The number of anilines is 8. The van der Waals surface area contributed by atoms with E-state index in [9.17, 15) is 19.2 Å². The maximum Gasteiger partial charge on any atom is 0.343 e. The second-order valence-electron chi connectivity index (χ2n) is 22.1. The number of H-pyrrole nitrogens is 2. The van der Waals surface area contributed by atoms with Crippen LogP contribution in [0.2, 0.25) is 0 Å². The van der Waals surface area contributed by atoms with E-state index in [1.807, 2.05) is 0 Å². The van der Waals surface area contributed by atoms with Crippen molar-refractivity contribution in [2.24, 2.45) is 0 Å². The average molecular weight is 1270 g/mol. The van der Waals surface area contributed by atoms with E-state index in [0.717, 1.165) is 39.2 Å². The fraction of sp³-hybridized carbons (Fsp3) is 0. The molecule has 0 unspecified atom stereocenters. The molecule has 0 aliphatic carbocycles. The van der Waals surface area contributed by atoms with Crippen LogP contribution in [0.1, 0.15) is 0 Å². The molecule has 6 heterocycles. The molecule has 9 aromatic carbocycles. The Labute approximate surface area is 541 Å². The maximum absolute atomic E-state index is 15.8. The van der Waals surface area contributed by atoms with Crippen LogP contribution < -0.4 is 60.6 Å². The highest BCUT2D eigenvalue weighted by molar-refractivity contribution is 6.61. The molecule has 16 amide bonds. The Bertz CT molecular complexity index is 4590. The zero-order valence-electron chi connectivity index (χ0n) is 49.7. The molecule has 11 aromatic rings. The number of fused-ring (bicyclic) bond motifs is 2. The third kappa shape index (κ3) is 9.11. The van der Waals surface area contributed by atoms with Crippen molar-refractivity contribution in [2.75, 3.05) is 39.2 Å². The van der Waals surface area contributed by atoms with Gasteiger partial charge in [-0.25, -0.2) is 58.4 Å². The quantitative estimate of drug-likeness (QED) is 0.146. The lowest BCUT2D eigenvalue weighted by Gasteiger charge is -2.34. The molecule has 2 aromatic heterocycles. The van der Waals surface area contributed by atoms with Crippen molar-refractivity contribution in [1.82, 2.24) is 9.97 Å². The predicted octanol–water partition coefficient (Wildman–Crippen LogP) is 8.05. The Morgan fingerprint density at radius 1 is 0.177 bits per heavy atom. The molecule has 4 saturated heterocycles. The molecule has 0 spiro atoms. The SMILES string of the molecule is O=C1C(=c2[nH]c(=C3C(=O)N(c4ccccc4)C(=O)N(c4ccccc4)C3=O)c3cc4c(=C5C(=O)N(c6ccccc6)C(=O)N(c6ccccc6)C5=O)[nH]c(=C5C(=O)N(c6ccccc6)C(=O)N(c6ccccc6)C5=O)c4cc23)C(=O)N(c2ccccc2)C(=O)N1c1ccccc1. The lowest BCUT2D eigenvalue weighted by Crippen LogP contribution is -2.58. The van der Waals surface area contributed by atoms with Gasteiger partial charge in [0.25, 0.3) is 47.3 Å². The third-order valence-corrected chi connectivity index (χ3v) is 16.7. The summed E-state index contributed by atoms with van der Waals surface area (Å²) in [5, 5.41) is -2.78. The molecule has 22 nitrogen and oxygen atoms in total. The van der Waals surface area contributed by atoms with E-state index < -0.39 is 115 Å². The van der Waals surface area contributed by atoms with Gasteiger partial charge in [0, 0.05) is 21.5 Å². The van der Waals surface area contributed by atoms with Crippen LogP contribution in [0.5, 0.6) is 0 Å². The molecule has 4 aliphatic rings. The van der Waals surface area contributed by atoms with Crippen molar-refractivity contribution in [3.05, 3.63) is 276 Å². The molecule has 4 fully saturated rings. The Morgan fingerprint density at radius 3 is 0.427 bits per heavy atom. The summed E-state index contributed by atoms with van der Waals surface area (Å²) < 4.78 is 0. The molecule has 462 valence electrons. The molecular weight excluding hydrogens is 1220 g/mol. The van der Waals surface area contributed by atoms with Gasteiger partial charge in [0.15, 0.2) is 0 Å². The number of aromatic amines is 2. The van der Waals surface area contributed by atoms with Crippen molar-refractivity contribution in [2.45, 2.75) is 0 Å². The van der Waals surface area contributed by atoms with Gasteiger partial charge in [-0.15, -0.1) is 0 Å². The smallest absolute Gasteiger partial charge is 0.343 e. The maximum atomic E-state index is 15.8. The van der Waals surface area contributed by atoms with Crippen LogP contribution in [0.4, 0.5) is 64.7 Å². The molecule has 0 radical (unpaired) electrons. The largest absolute Gasteiger partial charge is 0.353 e. The first kappa shape index (κ1) is 58.4. The highest BCUT2D eigenvalue weighted by atomic mass is 16.2. The van der Waals surface area contributed by atoms with E-state index in [0.29, 0.717) is 0 Å². The van der Waals surface area contributed by atoms with Gasteiger partial charge in [-0.3, -0.25) is 38.4 Å². The zero-order valence-corrected chi connectivity index (χ0v) is 49.7. The fourth-order valence-corrected chi connectivity index (χ4v) is 12.4. The highest BCUT2D eigenvalue weighted by Crippen LogP contribution is 2.35. The summed E-state index contributed by atoms with van der Waals surface area (Å²) >= 11 is 0. The second kappa shape index (κ2) is 23.0. The minimum Gasteiger partial charge on any atom is -0.353 e. The van der Waals surface area contributed by atoms with Crippen molar-refractivity contribution in [3.63, 3.8) is 0 Å². The number of hydrogen-bond donors (Lipinski definition) is 2. The van der Waals surface area contributed by atoms with Crippen molar-refractivity contribution in [3.8, 4) is 0 Å². The van der Waals surface area contributed by atoms with Crippen LogP contribution in [0.15, 0.2) is 255 Å². The Hall–Kier alpha value is -14.0. The Morgan fingerprint density at radius 2 is 0.302 bits per heavy atom. The number of para-hydroxylation sites is 8. The number of amides is 16. The second-order valence-corrected chi connectivity index (χ2v) is 22.1. The van der Waals surface area contributed by atoms with Gasteiger partial charge in [-0.1, -0.05) is 146 Å². The zero-order chi connectivity index (χ0) is 66.2. The van der Waals surface area contributed by atoms with Crippen molar-refractivity contribution < 1.29 is 57.5 Å². The molecule has 15 rings (SSSR count). The summed E-state index contributed by atoms with van der Waals surface area (Å²) in [5.74, 6) is -9.71. The van der Waals surface area contributed by atoms with E-state index in [1.54, 1.807) is 146 Å². The number of benzene rings is 9. The van der Waals surface area contributed by atoms with Crippen LogP contribution in [-0.2, 0) is 38.4 Å². The van der Waals surface area contributed by atoms with E-state index in [-0.39, 0.29) is 67.0 Å². The molecule has 2 N–H and O–H groups in total. The monoisotopic (exact) mass is 1260 g/mol. The number of carbonyl (C=O) groups is 12. The first-order valence-corrected chi connectivity index (χ1v) is 29.8. The van der Waals surface area contributed by atoms with Gasteiger partial charge in [-0.2, -0.15) is 0 Å². The standard InChI is InChI=1S/C74H44N10O12/c85-63-55(64(86)78(44-27-11-2-12-28-44)71(93)77(63)43-25-9-1-10-26-43)59-51-41-53-54(42-52(51)60(75-59)56-65(87)79(45-29-13-3-14-30-45)72(94)80(66(56)88)46-31-15-4-16-32-46)62(58-69(91)83(49-37-21-7-22-38-49)74(96)84(70(58)92)50-39-23-8-24-40-50)76-61(53)57-67(89)81(47-33-17-5-18-34-47)73(95)82(68(57)90)48-35-19-6-20-36-48/h1-42,75-76H. The predicted molar refractivity (Wildman–Crippen MR) is 355 cm³/mol. The van der Waals surface area contributed by atoms with Crippen molar-refractivity contribution in [1.29, 1.82) is 0 Å². The minimum absolute atomic E-state index is 0.00891. The topological polar surface area (TPSA) is 262 Å². The third-order valence-electron chi connectivity index (χ3n) is 16.7. The first-order valence-electron chi connectivity index (χ1n) is 29.8. The van der Waals surface area contributed by atoms with E-state index in [2.05, 4.69) is 9.97 Å². The number of nitrogens with zero attached hydrogens (tertiary/aromatic N) is 8. The van der Waals surface area contributed by atoms with Gasteiger partial charge in [0.05, 0.1) is 66.9 Å². The van der Waals surface area contributed by atoms with Gasteiger partial charge >= 0.3 is 24.1 Å². The summed E-state index contributed by atoms with van der Waals surface area (Å²) in [6.07, 6.45) is 0. The summed E-state index contributed by atoms with van der Waals surface area (Å²) in [7, 11) is 0. The fourth-order valence-electron chi connectivity index (χ4n) is 12.4. The van der Waals surface area contributed by atoms with Gasteiger partial charge < -0.3 is 9.97 Å². The molecule has 96 heavy (non-hydrogen) atoms. The first-order chi connectivity index (χ1) is 46.7. The summed E-state index contributed by atoms with van der Waals surface area (Å²) in [6, 6.07) is 59.5. The number of carbonyl (C=O) groups excluding carboxylic acids is 12. The average Bonchev–Trinajstić information content (AvgIpc) is 1.56. The van der Waals surface area contributed by atoms with Crippen LogP contribution in [0.3, 0.4) is 0 Å². The number of nitrogens with one attached hydrogen (secondary N) is 2. The molecule has 0 atom stereocenters. The molecule has 0 bridgehead atoms. The number of rotatable bonds is 8. The van der Waals surface area contributed by atoms with Crippen molar-refractivity contribution >= 4 is 161 Å². The van der Waals surface area contributed by atoms with E-state index in [4.69, 9.17) is 0 Å². The number of aromatic nitrogens is 2. The summed E-state index contributed by atoms with van der Waals surface area (Å²) in [6.45, 7) is 0. The Kier molecular flexibility index (Phi) is 14.0. The summed E-state index contributed by atoms with van der Waals surface area (Å²) in [4.78, 5) is 198. The number of hydrogen-bond acceptors (Lipinski definition) is 12. The van der Waals surface area contributed by atoms with Crippen LogP contribution >= 0.6 is 0 Å². The van der Waals surface area contributed by atoms with Gasteiger partial charge in [-0.05, 0) is 109 Å². The molecule has 0 saturated carbocycles. The van der Waals surface area contributed by atoms with E-state index >= 15 is 38.4 Å². The highest BCUT2D eigenvalue weighted by Gasteiger charge is 2.50. The number of imide groups is 8. The molecule has 22 heteroatoms. The molecular formula is C74H44N10O12. The van der Waals surface area contributed by atoms with Gasteiger partial charge in [0.2, 0.25) is 0 Å². The lowest BCUT2D eigenvalue weighted by atomic mass is 10.00.